The van der Waals surface area contributed by atoms with Crippen LogP contribution in [0.5, 0.6) is 5.75 Å². The Balaban J connectivity index is 1.86. The lowest BCUT2D eigenvalue weighted by atomic mass is 9.89. The fourth-order valence-electron chi connectivity index (χ4n) is 1.99. The van der Waals surface area contributed by atoms with E-state index in [-0.39, 0.29) is 0 Å². The third-order valence-corrected chi connectivity index (χ3v) is 4.04. The van der Waals surface area contributed by atoms with E-state index in [0.29, 0.717) is 12.1 Å². The molecular formula is C13H18BrNO2. The summed E-state index contributed by atoms with van der Waals surface area (Å²) in [5, 5.41) is 3.53. The lowest BCUT2D eigenvalue weighted by molar-refractivity contribution is 0.0170. The highest BCUT2D eigenvalue weighted by Gasteiger charge is 2.28. The third-order valence-electron chi connectivity index (χ3n) is 3.26. The second-order valence-electron chi connectivity index (χ2n) is 4.36. The average Bonchev–Trinajstić information content (AvgIpc) is 2.29. The summed E-state index contributed by atoms with van der Waals surface area (Å²) in [5.41, 5.74) is 1.23. The zero-order chi connectivity index (χ0) is 12.3. The van der Waals surface area contributed by atoms with Gasteiger partial charge in [0.25, 0.3) is 0 Å². The maximum absolute atomic E-state index is 5.26. The van der Waals surface area contributed by atoms with Crippen LogP contribution < -0.4 is 10.1 Å². The lowest BCUT2D eigenvalue weighted by Gasteiger charge is -2.34. The molecule has 17 heavy (non-hydrogen) atoms. The maximum atomic E-state index is 5.26. The molecule has 0 unspecified atom stereocenters. The molecule has 0 aromatic heterocycles. The molecule has 1 aliphatic rings. The summed E-state index contributed by atoms with van der Waals surface area (Å²) < 4.78 is 11.6. The van der Waals surface area contributed by atoms with Crippen molar-refractivity contribution in [2.24, 2.45) is 0 Å². The van der Waals surface area contributed by atoms with E-state index in [4.69, 9.17) is 9.47 Å². The molecule has 0 aliphatic heterocycles. The van der Waals surface area contributed by atoms with Crippen molar-refractivity contribution >= 4 is 15.9 Å². The standard InChI is InChI=1S/C13H18BrNO2/c1-16-11-3-4-13(14)9(5-11)8-15-10-6-12(7-10)17-2/h3-5,10,12,15H,6-8H2,1-2H3. The predicted octanol–water partition coefficient (Wildman–Crippen LogP) is 2.72. The number of nitrogens with one attached hydrogen (secondary N) is 1. The minimum Gasteiger partial charge on any atom is -0.497 e. The number of hydrogen-bond donors (Lipinski definition) is 1. The van der Waals surface area contributed by atoms with Gasteiger partial charge in [-0.1, -0.05) is 15.9 Å². The van der Waals surface area contributed by atoms with Gasteiger partial charge < -0.3 is 14.8 Å². The van der Waals surface area contributed by atoms with Gasteiger partial charge in [-0.25, -0.2) is 0 Å². The Hall–Kier alpha value is -0.580. The fourth-order valence-corrected chi connectivity index (χ4v) is 2.38. The van der Waals surface area contributed by atoms with Crippen LogP contribution in [0.25, 0.3) is 0 Å². The van der Waals surface area contributed by atoms with E-state index in [0.717, 1.165) is 29.6 Å². The van der Waals surface area contributed by atoms with Crippen LogP contribution in [0.2, 0.25) is 0 Å². The zero-order valence-electron chi connectivity index (χ0n) is 10.2. The molecule has 0 spiro atoms. The second kappa shape index (κ2) is 5.85. The molecule has 0 saturated heterocycles. The lowest BCUT2D eigenvalue weighted by Crippen LogP contribution is -2.44. The Kier molecular flexibility index (Phi) is 4.42. The van der Waals surface area contributed by atoms with Crippen LogP contribution in [0.4, 0.5) is 0 Å². The first-order chi connectivity index (χ1) is 8.22. The summed E-state index contributed by atoms with van der Waals surface area (Å²) in [6.07, 6.45) is 2.66. The Morgan fingerprint density at radius 3 is 2.76 bits per heavy atom. The number of hydrogen-bond acceptors (Lipinski definition) is 3. The fraction of sp³-hybridized carbons (Fsp3) is 0.538. The van der Waals surface area contributed by atoms with E-state index < -0.39 is 0 Å². The van der Waals surface area contributed by atoms with Crippen LogP contribution in [-0.2, 0) is 11.3 Å². The van der Waals surface area contributed by atoms with Crippen molar-refractivity contribution in [2.45, 2.75) is 31.5 Å². The van der Waals surface area contributed by atoms with Gasteiger partial charge in [-0.15, -0.1) is 0 Å². The quantitative estimate of drug-likeness (QED) is 0.907. The van der Waals surface area contributed by atoms with Crippen molar-refractivity contribution in [2.75, 3.05) is 14.2 Å². The molecule has 0 bridgehead atoms. The average molecular weight is 300 g/mol. The topological polar surface area (TPSA) is 30.5 Å². The van der Waals surface area contributed by atoms with Gasteiger partial charge in [-0.3, -0.25) is 0 Å². The van der Waals surface area contributed by atoms with Crippen LogP contribution in [0, 0.1) is 0 Å². The normalized spacial score (nSPS) is 23.2. The third kappa shape index (κ3) is 3.21. The van der Waals surface area contributed by atoms with Gasteiger partial charge in [0.05, 0.1) is 13.2 Å². The molecule has 0 amide bonds. The molecule has 1 fully saturated rings. The van der Waals surface area contributed by atoms with Gasteiger partial charge >= 0.3 is 0 Å². The van der Waals surface area contributed by atoms with Crippen molar-refractivity contribution in [3.05, 3.63) is 28.2 Å². The molecule has 1 aromatic carbocycles. The number of halogens is 1. The Labute approximate surface area is 111 Å². The summed E-state index contributed by atoms with van der Waals surface area (Å²) in [6.45, 7) is 0.860. The smallest absolute Gasteiger partial charge is 0.119 e. The van der Waals surface area contributed by atoms with Crippen molar-refractivity contribution in [1.29, 1.82) is 0 Å². The van der Waals surface area contributed by atoms with E-state index in [9.17, 15) is 0 Å². The highest BCUT2D eigenvalue weighted by Crippen LogP contribution is 2.25. The van der Waals surface area contributed by atoms with Crippen LogP contribution in [0.15, 0.2) is 22.7 Å². The molecule has 0 atom stereocenters. The first-order valence-corrected chi connectivity index (χ1v) is 6.61. The molecule has 1 N–H and O–H groups in total. The van der Waals surface area contributed by atoms with Gasteiger partial charge in [-0.2, -0.15) is 0 Å². The molecule has 3 nitrogen and oxygen atoms in total. The maximum Gasteiger partial charge on any atom is 0.119 e. The van der Waals surface area contributed by atoms with Gasteiger partial charge in [0.2, 0.25) is 0 Å². The van der Waals surface area contributed by atoms with E-state index in [1.165, 1.54) is 5.56 Å². The second-order valence-corrected chi connectivity index (χ2v) is 5.22. The molecule has 94 valence electrons. The molecule has 0 heterocycles. The van der Waals surface area contributed by atoms with Crippen LogP contribution in [0.1, 0.15) is 18.4 Å². The highest BCUT2D eigenvalue weighted by molar-refractivity contribution is 9.10. The largest absolute Gasteiger partial charge is 0.497 e. The molecule has 2 rings (SSSR count). The molecular weight excluding hydrogens is 282 g/mol. The van der Waals surface area contributed by atoms with Crippen LogP contribution in [0.3, 0.4) is 0 Å². The van der Waals surface area contributed by atoms with Gasteiger partial charge in [0.1, 0.15) is 5.75 Å². The Bertz CT molecular complexity index is 378. The van der Waals surface area contributed by atoms with E-state index >= 15 is 0 Å². The highest BCUT2D eigenvalue weighted by atomic mass is 79.9. The zero-order valence-corrected chi connectivity index (χ0v) is 11.8. The number of methoxy groups -OCH3 is 2. The van der Waals surface area contributed by atoms with Crippen molar-refractivity contribution < 1.29 is 9.47 Å². The summed E-state index contributed by atoms with van der Waals surface area (Å²) in [7, 11) is 3.47. The summed E-state index contributed by atoms with van der Waals surface area (Å²) in [5.74, 6) is 0.897. The van der Waals surface area contributed by atoms with Crippen LogP contribution in [-0.4, -0.2) is 26.4 Å². The minimum atomic E-state index is 0.446. The predicted molar refractivity (Wildman–Crippen MR) is 71.4 cm³/mol. The molecule has 0 radical (unpaired) electrons. The van der Waals surface area contributed by atoms with Gasteiger partial charge in [0.15, 0.2) is 0 Å². The van der Waals surface area contributed by atoms with Gasteiger partial charge in [0, 0.05) is 24.2 Å². The molecule has 1 saturated carbocycles. The van der Waals surface area contributed by atoms with Crippen molar-refractivity contribution in [3.8, 4) is 5.75 Å². The monoisotopic (exact) mass is 299 g/mol. The molecule has 1 aromatic rings. The van der Waals surface area contributed by atoms with E-state index in [2.05, 4.69) is 27.3 Å². The Morgan fingerprint density at radius 1 is 1.35 bits per heavy atom. The summed E-state index contributed by atoms with van der Waals surface area (Å²) >= 11 is 3.55. The SMILES string of the molecule is COc1ccc(Br)c(CNC2CC(OC)C2)c1. The van der Waals surface area contributed by atoms with E-state index in [1.54, 1.807) is 14.2 Å². The van der Waals surface area contributed by atoms with Crippen molar-refractivity contribution in [3.63, 3.8) is 0 Å². The van der Waals surface area contributed by atoms with Crippen LogP contribution >= 0.6 is 15.9 Å². The number of ether oxygens (including phenoxy) is 2. The summed E-state index contributed by atoms with van der Waals surface area (Å²) in [6, 6.07) is 6.62. The molecule has 1 aliphatic carbocycles. The number of rotatable bonds is 5. The minimum absolute atomic E-state index is 0.446. The number of benzene rings is 1. The van der Waals surface area contributed by atoms with E-state index in [1.807, 2.05) is 12.1 Å². The van der Waals surface area contributed by atoms with Crippen molar-refractivity contribution in [1.82, 2.24) is 5.32 Å². The first-order valence-electron chi connectivity index (χ1n) is 5.81. The molecule has 4 heteroatoms. The summed E-state index contributed by atoms with van der Waals surface area (Å²) in [4.78, 5) is 0. The van der Waals surface area contributed by atoms with Gasteiger partial charge in [-0.05, 0) is 36.6 Å². The Morgan fingerprint density at radius 2 is 2.12 bits per heavy atom. The first kappa shape index (κ1) is 12.9.